The highest BCUT2D eigenvalue weighted by molar-refractivity contribution is 6.42. The smallest absolute Gasteiger partial charge is 0.411 e. The molecule has 1 aliphatic carbocycles. The van der Waals surface area contributed by atoms with Gasteiger partial charge in [-0.05, 0) is 104 Å². The maximum atomic E-state index is 14.0. The maximum Gasteiger partial charge on any atom is 0.411 e. The third-order valence-corrected chi connectivity index (χ3v) is 11.0. The highest BCUT2D eigenvalue weighted by Crippen LogP contribution is 2.43. The Kier molecular flexibility index (Phi) is 11.0. The number of amides is 2. The zero-order valence-electron chi connectivity index (χ0n) is 30.9. The van der Waals surface area contributed by atoms with E-state index in [4.69, 9.17) is 42.1 Å². The van der Waals surface area contributed by atoms with Gasteiger partial charge in [0.1, 0.15) is 35.9 Å². The summed E-state index contributed by atoms with van der Waals surface area (Å²) in [7, 11) is 1.72. The molecule has 9 nitrogen and oxygen atoms in total. The molecule has 3 aliphatic rings. The number of fused-ring (bicyclic) bond motifs is 2. The summed E-state index contributed by atoms with van der Waals surface area (Å²) >= 11 is 12.2. The molecule has 0 spiro atoms. The van der Waals surface area contributed by atoms with E-state index in [0.717, 1.165) is 36.0 Å². The van der Waals surface area contributed by atoms with Gasteiger partial charge in [0.2, 0.25) is 6.10 Å². The number of hydrogen-bond acceptors (Lipinski definition) is 7. The first-order chi connectivity index (χ1) is 24.6. The van der Waals surface area contributed by atoms with Crippen LogP contribution in [0.1, 0.15) is 89.2 Å². The average molecular weight is 752 g/mol. The number of benzene rings is 3. The predicted octanol–water partition coefficient (Wildman–Crippen LogP) is 9.33. The number of likely N-dealkylation sites (N-methyl/N-ethyl adjacent to an activating group) is 1. The number of carbonyl (C=O) groups is 3. The third kappa shape index (κ3) is 8.31. The van der Waals surface area contributed by atoms with Crippen LogP contribution >= 0.6 is 23.2 Å². The minimum atomic E-state index is -0.889. The summed E-state index contributed by atoms with van der Waals surface area (Å²) in [5.41, 5.74) is 3.04. The number of halogens is 2. The quantitative estimate of drug-likeness (QED) is 0.222. The lowest BCUT2D eigenvalue weighted by atomic mass is 9.75. The first kappa shape index (κ1) is 37.8. The summed E-state index contributed by atoms with van der Waals surface area (Å²) in [4.78, 5) is 44.4. The summed E-state index contributed by atoms with van der Waals surface area (Å²) in [5, 5.41) is 0.938. The number of carbonyl (C=O) groups excluding carboxylic acids is 3. The van der Waals surface area contributed by atoms with E-state index in [1.54, 1.807) is 69.1 Å². The van der Waals surface area contributed by atoms with Gasteiger partial charge >= 0.3 is 12.1 Å². The van der Waals surface area contributed by atoms with Crippen LogP contribution in [-0.4, -0.2) is 47.7 Å². The molecule has 2 heterocycles. The van der Waals surface area contributed by atoms with E-state index >= 15 is 0 Å². The van der Waals surface area contributed by atoms with Gasteiger partial charge in [-0.25, -0.2) is 9.59 Å². The molecule has 278 valence electrons. The fraction of sp³-hybridized carbons (Fsp3) is 0.488. The van der Waals surface area contributed by atoms with Crippen LogP contribution in [-0.2, 0) is 38.6 Å². The average Bonchev–Trinajstić information content (AvgIpc) is 3.08. The topological polar surface area (TPSA) is 94.6 Å². The molecule has 1 fully saturated rings. The van der Waals surface area contributed by atoms with Crippen molar-refractivity contribution >= 4 is 46.9 Å². The van der Waals surface area contributed by atoms with Crippen LogP contribution in [0.2, 0.25) is 10.0 Å². The van der Waals surface area contributed by atoms with Gasteiger partial charge in [0.15, 0.2) is 0 Å². The number of nitrogens with zero attached hydrogens (tertiary/aromatic N) is 2. The van der Waals surface area contributed by atoms with Crippen molar-refractivity contribution < 1.29 is 33.3 Å². The van der Waals surface area contributed by atoms with Crippen molar-refractivity contribution in [2.75, 3.05) is 11.9 Å². The second-order valence-corrected chi connectivity index (χ2v) is 16.5. The first-order valence-corrected chi connectivity index (χ1v) is 18.8. The van der Waals surface area contributed by atoms with Crippen LogP contribution in [0.3, 0.4) is 0 Å². The molecular weight excluding hydrogens is 703 g/mol. The van der Waals surface area contributed by atoms with Gasteiger partial charge in [0.05, 0.1) is 22.3 Å². The molecule has 0 bridgehead atoms. The third-order valence-electron chi connectivity index (χ3n) is 10.3. The Labute approximate surface area is 316 Å². The Hall–Kier alpha value is -3.95. The monoisotopic (exact) mass is 750 g/mol. The number of ether oxygens (including phenoxy) is 4. The SMILES string of the molecule is CC(C)[C@@H]1CC[C@@H](C)C[C@H]1OC(=O)[C@@H]1Cc2cc3c(cc2CN1C(=O)OC(C)(C)C)OC(c1ccc(OCc2ccc(Cl)c(Cl)c2)cc1)C(=O)N3C. The van der Waals surface area contributed by atoms with Gasteiger partial charge in [0.25, 0.3) is 5.91 Å². The molecule has 3 aromatic carbocycles. The largest absolute Gasteiger partial charge is 0.489 e. The van der Waals surface area contributed by atoms with Gasteiger partial charge in [-0.2, -0.15) is 0 Å². The number of anilines is 1. The summed E-state index contributed by atoms with van der Waals surface area (Å²) in [6.07, 6.45) is 1.47. The van der Waals surface area contributed by atoms with Crippen LogP contribution in [0.25, 0.3) is 0 Å². The number of esters is 1. The molecule has 3 aromatic rings. The Bertz CT molecular complexity index is 1820. The lowest BCUT2D eigenvalue weighted by molar-refractivity contribution is -0.162. The predicted molar refractivity (Wildman–Crippen MR) is 201 cm³/mol. The highest BCUT2D eigenvalue weighted by Gasteiger charge is 2.43. The molecule has 52 heavy (non-hydrogen) atoms. The van der Waals surface area contributed by atoms with Gasteiger partial charge in [0, 0.05) is 19.0 Å². The summed E-state index contributed by atoms with van der Waals surface area (Å²) in [6, 6.07) is 15.4. The van der Waals surface area contributed by atoms with Crippen molar-refractivity contribution in [2.45, 2.75) is 104 Å². The molecule has 6 rings (SSSR count). The van der Waals surface area contributed by atoms with Crippen molar-refractivity contribution in [3.05, 3.63) is 86.9 Å². The zero-order valence-corrected chi connectivity index (χ0v) is 32.4. The molecule has 0 radical (unpaired) electrons. The van der Waals surface area contributed by atoms with Crippen LogP contribution in [0, 0.1) is 17.8 Å². The molecular formula is C41H48Cl2N2O7. The van der Waals surface area contributed by atoms with E-state index in [1.165, 1.54) is 4.90 Å². The molecule has 0 N–H and O–H groups in total. The minimum absolute atomic E-state index is 0.128. The molecule has 11 heteroatoms. The van der Waals surface area contributed by atoms with Crippen molar-refractivity contribution in [3.63, 3.8) is 0 Å². The molecule has 2 aliphatic heterocycles. The van der Waals surface area contributed by atoms with Gasteiger partial charge in [-0.3, -0.25) is 9.69 Å². The minimum Gasteiger partial charge on any atom is -0.489 e. The van der Waals surface area contributed by atoms with Crippen molar-refractivity contribution in [1.82, 2.24) is 4.90 Å². The van der Waals surface area contributed by atoms with Gasteiger partial charge in [-0.15, -0.1) is 0 Å². The Morgan fingerprint density at radius 2 is 1.71 bits per heavy atom. The zero-order chi connectivity index (χ0) is 37.5. The van der Waals surface area contributed by atoms with Gasteiger partial charge in [-0.1, -0.05) is 68.6 Å². The Morgan fingerprint density at radius 3 is 2.38 bits per heavy atom. The summed E-state index contributed by atoms with van der Waals surface area (Å²) in [6.45, 7) is 12.4. The van der Waals surface area contributed by atoms with Crippen molar-refractivity contribution in [2.24, 2.45) is 17.8 Å². The molecule has 2 amide bonds. The maximum absolute atomic E-state index is 14.0. The standard InChI is InChI=1S/C41H48Cl2N2O7/c1-23(2)30-14-8-24(3)16-35(30)51-39(47)34-19-27-18-33-36(20-28(27)21-45(34)40(48)52-41(4,5)6)50-37(38(46)44(33)7)26-10-12-29(13-11-26)49-22-25-9-15-31(42)32(43)17-25/h9-13,15,17-18,20,23-24,30,34-35,37H,8,14,16,19,21-22H2,1-7H3/t24-,30+,34+,35-,37?/m1/s1. The molecule has 0 saturated heterocycles. The van der Waals surface area contributed by atoms with Crippen LogP contribution in [0.15, 0.2) is 54.6 Å². The number of rotatable bonds is 7. The van der Waals surface area contributed by atoms with Crippen LogP contribution < -0.4 is 14.4 Å². The molecule has 5 atom stereocenters. The van der Waals surface area contributed by atoms with Crippen molar-refractivity contribution in [1.29, 1.82) is 0 Å². The molecule has 0 aromatic heterocycles. The first-order valence-electron chi connectivity index (χ1n) is 18.0. The fourth-order valence-corrected chi connectivity index (χ4v) is 7.70. The van der Waals surface area contributed by atoms with E-state index in [9.17, 15) is 14.4 Å². The second-order valence-electron chi connectivity index (χ2n) is 15.7. The second kappa shape index (κ2) is 15.2. The highest BCUT2D eigenvalue weighted by atomic mass is 35.5. The number of hydrogen-bond donors (Lipinski definition) is 0. The summed E-state index contributed by atoms with van der Waals surface area (Å²) in [5.74, 6) is 1.56. The van der Waals surface area contributed by atoms with Gasteiger partial charge < -0.3 is 23.8 Å². The molecule has 1 saturated carbocycles. The fourth-order valence-electron chi connectivity index (χ4n) is 7.38. The van der Waals surface area contributed by atoms with Crippen LogP contribution in [0.4, 0.5) is 10.5 Å². The van der Waals surface area contributed by atoms with Crippen molar-refractivity contribution in [3.8, 4) is 11.5 Å². The lowest BCUT2D eigenvalue weighted by Gasteiger charge is -2.41. The van der Waals surface area contributed by atoms with E-state index in [0.29, 0.717) is 51.2 Å². The lowest BCUT2D eigenvalue weighted by Crippen LogP contribution is -2.52. The van der Waals surface area contributed by atoms with E-state index in [1.807, 2.05) is 18.2 Å². The van der Waals surface area contributed by atoms with Crippen LogP contribution in [0.5, 0.6) is 11.5 Å². The Morgan fingerprint density at radius 1 is 0.981 bits per heavy atom. The van der Waals surface area contributed by atoms with E-state index in [-0.39, 0.29) is 30.9 Å². The van der Waals surface area contributed by atoms with E-state index in [2.05, 4.69) is 20.8 Å². The summed E-state index contributed by atoms with van der Waals surface area (Å²) < 4.78 is 24.4. The van der Waals surface area contributed by atoms with E-state index < -0.39 is 29.8 Å². The normalized spacial score (nSPS) is 23.0. The molecule has 1 unspecified atom stereocenters. The Balaban J connectivity index is 1.22.